The van der Waals surface area contributed by atoms with Crippen LogP contribution in [0.3, 0.4) is 0 Å². The molecule has 222 valence electrons. The Labute approximate surface area is 242 Å². The molecular weight excluding hydrogens is 520 g/mol. The summed E-state index contributed by atoms with van der Waals surface area (Å²) in [6.07, 6.45) is 12.9. The molecule has 1 aromatic carbocycles. The van der Waals surface area contributed by atoms with Gasteiger partial charge in [0.1, 0.15) is 17.5 Å². The zero-order chi connectivity index (χ0) is 29.4. The molecule has 0 saturated heterocycles. The normalized spacial score (nSPS) is 35.5. The highest BCUT2D eigenvalue weighted by Crippen LogP contribution is 2.66. The van der Waals surface area contributed by atoms with Crippen LogP contribution in [-0.2, 0) is 25.6 Å². The number of fused-ring (bicyclic) bond motifs is 5. The standard InChI is InChI=1S/C33H44N2O6/c1-5-40-30(38)28(18-21-6-9-24(36)10-7-21)34-29(37)20-41-35-23-12-15-31(2)22(19-23)8-11-25-26(31)13-16-32(3)27(25)14-17-33(32,4)39/h6-7,9-10,12,15,19,25-28,36,39H,5,8,11,13-14,16-18,20H2,1-4H3,(H,34,37)/b35-23-/t25-,26-,27-,28+,31+,32+,33+/m1/s1. The van der Waals surface area contributed by atoms with Gasteiger partial charge < -0.3 is 25.1 Å². The van der Waals surface area contributed by atoms with E-state index in [1.165, 1.54) is 17.7 Å². The molecule has 0 unspecified atom stereocenters. The van der Waals surface area contributed by atoms with Gasteiger partial charge in [-0.15, -0.1) is 0 Å². The van der Waals surface area contributed by atoms with Crippen molar-refractivity contribution in [3.63, 3.8) is 0 Å². The van der Waals surface area contributed by atoms with Crippen molar-refractivity contribution in [1.82, 2.24) is 5.32 Å². The Morgan fingerprint density at radius 1 is 1.10 bits per heavy atom. The number of nitrogens with zero attached hydrogens (tertiary/aromatic N) is 1. The number of carbonyl (C=O) groups excluding carboxylic acids is 2. The van der Waals surface area contributed by atoms with E-state index >= 15 is 0 Å². The van der Waals surface area contributed by atoms with Crippen molar-refractivity contribution < 1.29 is 29.4 Å². The van der Waals surface area contributed by atoms with Gasteiger partial charge in [0.05, 0.1) is 12.2 Å². The molecular formula is C33H44N2O6. The molecule has 7 atom stereocenters. The molecule has 0 heterocycles. The Hall–Kier alpha value is -3.13. The Balaban J connectivity index is 1.19. The van der Waals surface area contributed by atoms with Crippen LogP contribution in [-0.4, -0.2) is 52.7 Å². The zero-order valence-corrected chi connectivity index (χ0v) is 24.7. The molecule has 3 saturated carbocycles. The first kappa shape index (κ1) is 29.4. The molecule has 1 amide bonds. The van der Waals surface area contributed by atoms with E-state index in [1.54, 1.807) is 19.1 Å². The molecule has 1 aromatic rings. The van der Waals surface area contributed by atoms with Crippen LogP contribution in [0.15, 0.2) is 53.2 Å². The Kier molecular flexibility index (Phi) is 8.07. The van der Waals surface area contributed by atoms with E-state index < -0.39 is 23.5 Å². The van der Waals surface area contributed by atoms with Crippen LogP contribution in [0.4, 0.5) is 0 Å². The largest absolute Gasteiger partial charge is 0.508 e. The number of rotatable bonds is 8. The van der Waals surface area contributed by atoms with Gasteiger partial charge in [-0.3, -0.25) is 4.79 Å². The number of amides is 1. The fourth-order valence-electron chi connectivity index (χ4n) is 8.21. The second-order valence-electron chi connectivity index (χ2n) is 13.0. The number of phenolic OH excluding ortho intramolecular Hbond substituents is 1. The number of carbonyl (C=O) groups is 2. The second kappa shape index (κ2) is 11.3. The molecule has 4 aliphatic carbocycles. The summed E-state index contributed by atoms with van der Waals surface area (Å²) in [6.45, 7) is 8.29. The van der Waals surface area contributed by atoms with Crippen LogP contribution in [0.1, 0.15) is 71.8 Å². The molecule has 8 heteroatoms. The molecule has 0 bridgehead atoms. The second-order valence-corrected chi connectivity index (χ2v) is 13.0. The van der Waals surface area contributed by atoms with Crippen LogP contribution >= 0.6 is 0 Å². The first-order chi connectivity index (χ1) is 19.5. The van der Waals surface area contributed by atoms with Gasteiger partial charge in [0, 0.05) is 11.8 Å². The summed E-state index contributed by atoms with van der Waals surface area (Å²) in [4.78, 5) is 30.5. The number of phenols is 1. The van der Waals surface area contributed by atoms with Crippen molar-refractivity contribution in [2.45, 2.75) is 84.3 Å². The average molecular weight is 565 g/mol. The first-order valence-electron chi connectivity index (χ1n) is 15.0. The lowest BCUT2D eigenvalue weighted by Gasteiger charge is -2.58. The van der Waals surface area contributed by atoms with Crippen molar-refractivity contribution in [2.24, 2.45) is 33.7 Å². The third-order valence-corrected chi connectivity index (χ3v) is 10.8. The molecule has 3 N–H and O–H groups in total. The lowest BCUT2D eigenvalue weighted by atomic mass is 9.47. The molecule has 0 radical (unpaired) electrons. The molecule has 0 aromatic heterocycles. The topological polar surface area (TPSA) is 117 Å². The van der Waals surface area contributed by atoms with Gasteiger partial charge in [-0.05, 0) is 105 Å². The van der Waals surface area contributed by atoms with Gasteiger partial charge in [0.15, 0.2) is 6.61 Å². The third kappa shape index (κ3) is 5.55. The summed E-state index contributed by atoms with van der Waals surface area (Å²) >= 11 is 0. The minimum Gasteiger partial charge on any atom is -0.508 e. The lowest BCUT2D eigenvalue weighted by molar-refractivity contribution is -0.147. The Bertz CT molecular complexity index is 1250. The summed E-state index contributed by atoms with van der Waals surface area (Å²) in [7, 11) is 0. The summed E-state index contributed by atoms with van der Waals surface area (Å²) in [6, 6.07) is 5.59. The summed E-state index contributed by atoms with van der Waals surface area (Å²) < 4.78 is 5.14. The number of aliphatic hydroxyl groups is 1. The maximum atomic E-state index is 12.6. The van der Waals surface area contributed by atoms with Gasteiger partial charge >= 0.3 is 5.97 Å². The van der Waals surface area contributed by atoms with E-state index in [9.17, 15) is 19.8 Å². The van der Waals surface area contributed by atoms with Crippen LogP contribution in [0.2, 0.25) is 0 Å². The third-order valence-electron chi connectivity index (χ3n) is 10.8. The number of allylic oxidation sites excluding steroid dienone is 4. The number of oxime groups is 1. The summed E-state index contributed by atoms with van der Waals surface area (Å²) in [5.74, 6) is 0.852. The molecule has 3 fully saturated rings. The predicted molar refractivity (Wildman–Crippen MR) is 156 cm³/mol. The maximum absolute atomic E-state index is 12.6. The highest BCUT2D eigenvalue weighted by atomic mass is 16.6. The van der Waals surface area contributed by atoms with Gasteiger partial charge in [0.25, 0.3) is 5.91 Å². The maximum Gasteiger partial charge on any atom is 0.328 e. The monoisotopic (exact) mass is 564 g/mol. The van der Waals surface area contributed by atoms with E-state index in [4.69, 9.17) is 9.57 Å². The van der Waals surface area contributed by atoms with Gasteiger partial charge in [-0.1, -0.05) is 42.8 Å². The highest BCUT2D eigenvalue weighted by molar-refractivity contribution is 6.05. The van der Waals surface area contributed by atoms with Crippen molar-refractivity contribution >= 4 is 17.6 Å². The van der Waals surface area contributed by atoms with Crippen molar-refractivity contribution in [2.75, 3.05) is 13.2 Å². The van der Waals surface area contributed by atoms with Crippen molar-refractivity contribution in [3.05, 3.63) is 53.6 Å². The number of nitrogens with one attached hydrogen (secondary N) is 1. The number of aromatic hydroxyl groups is 1. The first-order valence-corrected chi connectivity index (χ1v) is 15.0. The number of benzene rings is 1. The summed E-state index contributed by atoms with van der Waals surface area (Å²) in [5, 5.41) is 27.6. The van der Waals surface area contributed by atoms with E-state index in [0.29, 0.717) is 23.5 Å². The number of hydrogen-bond donors (Lipinski definition) is 3. The molecule has 0 spiro atoms. The SMILES string of the molecule is CCOC(=O)[C@H](Cc1ccc(O)cc1)NC(=O)CO/N=C1/C=C[C@@]2(C)C(=C1)CC[C@@H]1[C@H]2CC[C@@]2(C)[C@@H]1CC[C@]2(C)O. The van der Waals surface area contributed by atoms with E-state index in [1.807, 2.05) is 13.0 Å². The van der Waals surface area contributed by atoms with Crippen molar-refractivity contribution in [1.29, 1.82) is 0 Å². The fraction of sp³-hybridized carbons (Fsp3) is 0.606. The van der Waals surface area contributed by atoms with Gasteiger partial charge in [-0.2, -0.15) is 0 Å². The van der Waals surface area contributed by atoms with E-state index in [2.05, 4.69) is 36.5 Å². The molecule has 4 aliphatic rings. The number of esters is 1. The average Bonchev–Trinajstić information content (AvgIpc) is 3.18. The van der Waals surface area contributed by atoms with Crippen LogP contribution in [0.5, 0.6) is 5.75 Å². The van der Waals surface area contributed by atoms with E-state index in [-0.39, 0.29) is 36.2 Å². The molecule has 0 aliphatic heterocycles. The van der Waals surface area contributed by atoms with Crippen LogP contribution in [0.25, 0.3) is 0 Å². The molecule has 5 rings (SSSR count). The minimum absolute atomic E-state index is 0.00149. The quantitative estimate of drug-likeness (QED) is 0.307. The Morgan fingerprint density at radius 2 is 1.83 bits per heavy atom. The number of ether oxygens (including phenoxy) is 1. The highest BCUT2D eigenvalue weighted by Gasteiger charge is 2.62. The van der Waals surface area contributed by atoms with Crippen molar-refractivity contribution in [3.8, 4) is 5.75 Å². The van der Waals surface area contributed by atoms with Crippen LogP contribution < -0.4 is 5.32 Å². The van der Waals surface area contributed by atoms with E-state index in [0.717, 1.165) is 44.1 Å². The lowest BCUT2D eigenvalue weighted by Crippen LogP contribution is -2.53. The zero-order valence-electron chi connectivity index (χ0n) is 24.7. The number of hydrogen-bond acceptors (Lipinski definition) is 7. The predicted octanol–water partition coefficient (Wildman–Crippen LogP) is 4.85. The smallest absolute Gasteiger partial charge is 0.328 e. The molecule has 8 nitrogen and oxygen atoms in total. The van der Waals surface area contributed by atoms with Gasteiger partial charge in [-0.25, -0.2) is 4.79 Å². The Morgan fingerprint density at radius 3 is 2.56 bits per heavy atom. The fourth-order valence-corrected chi connectivity index (χ4v) is 8.21. The van der Waals surface area contributed by atoms with Gasteiger partial charge in [0.2, 0.25) is 0 Å². The minimum atomic E-state index is -0.878. The molecule has 41 heavy (non-hydrogen) atoms. The van der Waals surface area contributed by atoms with Crippen LogP contribution in [0, 0.1) is 28.6 Å². The summed E-state index contributed by atoms with van der Waals surface area (Å²) in [5.41, 5.74) is 2.21.